The van der Waals surface area contributed by atoms with E-state index >= 15 is 0 Å². The van der Waals surface area contributed by atoms with Crippen molar-refractivity contribution in [3.05, 3.63) is 0 Å². The molecule has 0 aliphatic heterocycles. The van der Waals surface area contributed by atoms with Crippen LogP contribution in [0.3, 0.4) is 0 Å². The van der Waals surface area contributed by atoms with Gasteiger partial charge in [0, 0.05) is 0 Å². The molecule has 18 heavy (non-hydrogen) atoms. The summed E-state index contributed by atoms with van der Waals surface area (Å²) in [6.07, 6.45) is -1.73. The average molecular weight is 285 g/mol. The molecular weight excluding hydrogens is 277 g/mol. The molecule has 0 fully saturated rings. The zero-order valence-corrected chi connectivity index (χ0v) is 13.5. The van der Waals surface area contributed by atoms with Crippen molar-refractivity contribution in [2.45, 2.75) is 0 Å². The molecule has 0 unspecified atom stereocenters. The molecule has 0 saturated heterocycles. The molecular formula is CH8B4Na2O11. The van der Waals surface area contributed by atoms with Gasteiger partial charge in [-0.1, -0.05) is 0 Å². The summed E-state index contributed by atoms with van der Waals surface area (Å²) in [6, 6.07) is 0. The summed E-state index contributed by atoms with van der Waals surface area (Å²) in [5.74, 6) is 0. The summed E-state index contributed by atoms with van der Waals surface area (Å²) in [6.45, 7) is 0. The Morgan fingerprint density at radius 1 is 0.778 bits per heavy atom. The molecule has 0 rings (SSSR count). The number of hydrogen-bond donors (Lipinski definition) is 6. The number of rotatable bonds is 6. The summed E-state index contributed by atoms with van der Waals surface area (Å²) in [7, 11) is -9.52. The smallest absolute Gasteiger partial charge is 1.00 e. The predicted octanol–water partition coefficient (Wildman–Crippen LogP) is -10.7. The fourth-order valence-electron chi connectivity index (χ4n) is 0.456. The van der Waals surface area contributed by atoms with Gasteiger partial charge in [-0.25, -0.2) is 4.79 Å². The molecule has 0 atom stereocenters. The molecule has 0 aromatic rings. The van der Waals surface area contributed by atoms with Crippen LogP contribution < -0.4 is 59.1 Å². The topological polar surface area (TPSA) is 175 Å². The van der Waals surface area contributed by atoms with Gasteiger partial charge in [-0.15, -0.1) is 0 Å². The van der Waals surface area contributed by atoms with Crippen LogP contribution in [-0.4, -0.2) is 65.6 Å². The molecule has 0 aromatic heterocycles. The molecule has 0 aliphatic carbocycles. The van der Waals surface area contributed by atoms with E-state index in [9.17, 15) is 4.79 Å². The van der Waals surface area contributed by atoms with Crippen LogP contribution in [-0.2, 0) is 18.5 Å². The summed E-state index contributed by atoms with van der Waals surface area (Å²) >= 11 is 0. The van der Waals surface area contributed by atoms with Crippen molar-refractivity contribution in [3.63, 3.8) is 0 Å². The van der Waals surface area contributed by atoms with Crippen LogP contribution in [0.5, 0.6) is 0 Å². The maximum atomic E-state index is 10.6. The zero-order valence-electron chi connectivity index (χ0n) is 11.5. The fourth-order valence-corrected chi connectivity index (χ4v) is 0.456. The molecule has 0 aromatic carbocycles. The molecule has 0 heterocycles. The van der Waals surface area contributed by atoms with Crippen molar-refractivity contribution in [1.29, 1.82) is 0 Å². The van der Waals surface area contributed by atoms with Crippen molar-refractivity contribution < 1.29 is 115 Å². The summed E-state index contributed by atoms with van der Waals surface area (Å²) in [4.78, 5) is 10.6. The Labute approximate surface area is 150 Å². The molecule has 11 nitrogen and oxygen atoms in total. The van der Waals surface area contributed by atoms with Crippen molar-refractivity contribution in [1.82, 2.24) is 0 Å². The monoisotopic (exact) mass is 286 g/mol. The first-order valence-corrected chi connectivity index (χ1v) is 3.58. The van der Waals surface area contributed by atoms with Gasteiger partial charge >= 0.3 is 94.6 Å². The van der Waals surface area contributed by atoms with Crippen LogP contribution in [0.4, 0.5) is 4.79 Å². The molecule has 0 aliphatic rings. The van der Waals surface area contributed by atoms with Gasteiger partial charge in [0.05, 0.1) is 0 Å². The molecule has 92 valence electrons. The van der Waals surface area contributed by atoms with E-state index in [0.717, 1.165) is 0 Å². The van der Waals surface area contributed by atoms with E-state index in [1.165, 1.54) is 0 Å². The molecule has 0 bridgehead atoms. The molecule has 0 saturated carbocycles. The number of carbonyl (C=O) groups is 1. The third-order valence-corrected chi connectivity index (χ3v) is 0.870. The van der Waals surface area contributed by atoms with Gasteiger partial charge in [-0.3, -0.25) is 0 Å². The third kappa shape index (κ3) is 15.3. The Morgan fingerprint density at radius 3 is 1.28 bits per heavy atom. The van der Waals surface area contributed by atoms with E-state index in [-0.39, 0.29) is 62.0 Å². The van der Waals surface area contributed by atoms with Crippen LogP contribution in [0, 0.1) is 0 Å². The van der Waals surface area contributed by atoms with E-state index in [1.54, 1.807) is 0 Å². The largest absolute Gasteiger partial charge is 1.00 e. The quantitative estimate of drug-likeness (QED) is 0.255. The predicted molar refractivity (Wildman–Crippen MR) is 48.3 cm³/mol. The van der Waals surface area contributed by atoms with Crippen LogP contribution in [0.1, 0.15) is 2.85 Å². The molecule has 6 N–H and O–H groups in total. The van der Waals surface area contributed by atoms with Crippen LogP contribution >= 0.6 is 0 Å². The third-order valence-electron chi connectivity index (χ3n) is 0.870. The van der Waals surface area contributed by atoms with E-state index in [0.29, 0.717) is 0 Å². The fraction of sp³-hybridized carbons (Fsp3) is 0. The van der Waals surface area contributed by atoms with Crippen LogP contribution in [0.15, 0.2) is 0 Å². The Balaban J connectivity index is -0.000000187. The Kier molecular flexibility index (Phi) is 17.8. The second-order valence-electron chi connectivity index (χ2n) is 2.02. The van der Waals surface area contributed by atoms with E-state index in [4.69, 9.17) is 30.1 Å². The Bertz CT molecular complexity index is 205. The average Bonchev–Trinajstić information content (AvgIpc) is 1.97. The van der Waals surface area contributed by atoms with Gasteiger partial charge in [-0.05, 0) is 0 Å². The van der Waals surface area contributed by atoms with Crippen molar-refractivity contribution >= 4 is 35.4 Å². The van der Waals surface area contributed by atoms with Crippen molar-refractivity contribution in [2.75, 3.05) is 0 Å². The minimum absolute atomic E-state index is 0. The van der Waals surface area contributed by atoms with E-state index in [1.807, 2.05) is 0 Å². The summed E-state index contributed by atoms with van der Waals surface area (Å²) < 4.78 is 14.9. The van der Waals surface area contributed by atoms with Crippen LogP contribution in [0.25, 0.3) is 0 Å². The first-order valence-electron chi connectivity index (χ1n) is 3.58. The SMILES string of the molecule is O=C(OB(O)OB(O)O)OB(O)OB(O)O.[H-].[H-].[Na+].[Na+]. The second-order valence-corrected chi connectivity index (χ2v) is 2.02. The van der Waals surface area contributed by atoms with E-state index in [2.05, 4.69) is 18.5 Å². The van der Waals surface area contributed by atoms with Gasteiger partial charge in [0.1, 0.15) is 0 Å². The second kappa shape index (κ2) is 13.2. The Hall–Kier alpha value is 1.21. The summed E-state index contributed by atoms with van der Waals surface area (Å²) in [5, 5.41) is 49.7. The minimum Gasteiger partial charge on any atom is -1.00 e. The minimum atomic E-state index is -2.40. The van der Waals surface area contributed by atoms with Gasteiger partial charge in [-0.2, -0.15) is 0 Å². The zero-order chi connectivity index (χ0) is 12.7. The standard InChI is InChI=1S/CH6B4O11.2Na.2H/c6-1(13-4(11)15-2(7)8)14-5(12)16-3(9)10;;;;/h7-12H;;;;/q;2*+1;2*-1. The number of carbonyl (C=O) groups excluding carboxylic acids is 1. The molecule has 0 amide bonds. The van der Waals surface area contributed by atoms with Crippen molar-refractivity contribution in [3.8, 4) is 0 Å². The normalized spacial score (nSPS) is 8.33. The maximum absolute atomic E-state index is 10.6. The Morgan fingerprint density at radius 2 is 1.06 bits per heavy atom. The van der Waals surface area contributed by atoms with Gasteiger partial charge in [0.15, 0.2) is 0 Å². The van der Waals surface area contributed by atoms with E-state index < -0.39 is 35.4 Å². The van der Waals surface area contributed by atoms with Gasteiger partial charge < -0.3 is 51.4 Å². The molecule has 17 heteroatoms. The maximum Gasteiger partial charge on any atom is 1.00 e. The number of hydrogen-bond acceptors (Lipinski definition) is 11. The first kappa shape index (κ1) is 24.2. The van der Waals surface area contributed by atoms with Gasteiger partial charge in [0.2, 0.25) is 0 Å². The summed E-state index contributed by atoms with van der Waals surface area (Å²) in [5.41, 5.74) is 0. The molecule has 0 radical (unpaired) electrons. The molecule has 0 spiro atoms. The first-order chi connectivity index (χ1) is 7.31. The van der Waals surface area contributed by atoms with Gasteiger partial charge in [0.25, 0.3) is 0 Å². The van der Waals surface area contributed by atoms with Crippen molar-refractivity contribution in [2.24, 2.45) is 0 Å². The van der Waals surface area contributed by atoms with Crippen LogP contribution in [0.2, 0.25) is 0 Å².